The van der Waals surface area contributed by atoms with Crippen molar-refractivity contribution in [3.8, 4) is 0 Å². The molecule has 5 heteroatoms. The molecule has 5 nitrogen and oxygen atoms in total. The fourth-order valence-electron chi connectivity index (χ4n) is 2.02. The molecule has 0 bridgehead atoms. The van der Waals surface area contributed by atoms with E-state index in [2.05, 4.69) is 0 Å². The summed E-state index contributed by atoms with van der Waals surface area (Å²) in [5.41, 5.74) is -0.508. The fraction of sp³-hybridized carbons (Fsp3) is 0.846. The van der Waals surface area contributed by atoms with Gasteiger partial charge in [-0.3, -0.25) is 4.79 Å². The minimum Gasteiger partial charge on any atom is -0.481 e. The maximum Gasteiger partial charge on any atom is 0.410 e. The van der Waals surface area contributed by atoms with E-state index >= 15 is 0 Å². The lowest BCUT2D eigenvalue weighted by Gasteiger charge is -2.29. The van der Waals surface area contributed by atoms with Crippen molar-refractivity contribution in [1.82, 2.24) is 4.90 Å². The van der Waals surface area contributed by atoms with Gasteiger partial charge in [-0.05, 0) is 40.0 Å². The number of rotatable bonds is 1. The van der Waals surface area contributed by atoms with Gasteiger partial charge in [0, 0.05) is 13.1 Å². The molecule has 18 heavy (non-hydrogen) atoms. The summed E-state index contributed by atoms with van der Waals surface area (Å²) in [6.45, 7) is 6.60. The van der Waals surface area contributed by atoms with Crippen molar-refractivity contribution >= 4 is 12.1 Å². The highest BCUT2D eigenvalue weighted by Crippen LogP contribution is 2.19. The lowest BCUT2D eigenvalue weighted by atomic mass is 9.96. The maximum atomic E-state index is 11.9. The molecule has 0 aromatic heterocycles. The van der Waals surface area contributed by atoms with Gasteiger partial charge < -0.3 is 14.7 Å². The molecule has 1 aliphatic rings. The zero-order chi connectivity index (χ0) is 13.8. The molecule has 1 saturated heterocycles. The van der Waals surface area contributed by atoms with E-state index in [0.717, 1.165) is 12.8 Å². The predicted octanol–water partition coefficient (Wildman–Crippen LogP) is 2.50. The van der Waals surface area contributed by atoms with Gasteiger partial charge in [-0.1, -0.05) is 6.42 Å². The van der Waals surface area contributed by atoms with Gasteiger partial charge in [0.1, 0.15) is 5.60 Å². The largest absolute Gasteiger partial charge is 0.481 e. The van der Waals surface area contributed by atoms with Crippen LogP contribution in [0.25, 0.3) is 0 Å². The Bertz CT molecular complexity index is 309. The Morgan fingerprint density at radius 1 is 1.17 bits per heavy atom. The van der Waals surface area contributed by atoms with E-state index in [1.165, 1.54) is 0 Å². The standard InChI is InChI=1S/C13H23NO4/c1-13(2,3)18-12(17)14-8-5-4-6-10(7-9-14)11(15)16/h10H,4-9H2,1-3H3,(H,15,16). The first kappa shape index (κ1) is 14.8. The third-order valence-corrected chi connectivity index (χ3v) is 2.98. The average molecular weight is 257 g/mol. The molecule has 0 aromatic rings. The Balaban J connectivity index is 2.55. The quantitative estimate of drug-likeness (QED) is 0.783. The molecule has 1 N–H and O–H groups in total. The molecule has 1 heterocycles. The number of carboxylic acid groups (broad SMARTS) is 1. The van der Waals surface area contributed by atoms with Crippen LogP contribution in [0.5, 0.6) is 0 Å². The van der Waals surface area contributed by atoms with Crippen LogP contribution in [0.2, 0.25) is 0 Å². The van der Waals surface area contributed by atoms with Gasteiger partial charge in [-0.15, -0.1) is 0 Å². The van der Waals surface area contributed by atoms with Gasteiger partial charge in [-0.2, -0.15) is 0 Å². The number of ether oxygens (including phenoxy) is 1. The third-order valence-electron chi connectivity index (χ3n) is 2.98. The van der Waals surface area contributed by atoms with Gasteiger partial charge in [0.05, 0.1) is 5.92 Å². The van der Waals surface area contributed by atoms with Crippen LogP contribution in [0.4, 0.5) is 4.79 Å². The molecule has 0 aliphatic carbocycles. The Labute approximate surface area is 108 Å². The van der Waals surface area contributed by atoms with Gasteiger partial charge in [-0.25, -0.2) is 4.79 Å². The van der Waals surface area contributed by atoms with Crippen LogP contribution in [-0.4, -0.2) is 40.8 Å². The number of hydrogen-bond acceptors (Lipinski definition) is 3. The molecule has 1 atom stereocenters. The van der Waals surface area contributed by atoms with Crippen molar-refractivity contribution < 1.29 is 19.4 Å². The smallest absolute Gasteiger partial charge is 0.410 e. The van der Waals surface area contributed by atoms with Crippen LogP contribution in [0.15, 0.2) is 0 Å². The number of nitrogens with zero attached hydrogens (tertiary/aromatic N) is 1. The van der Waals surface area contributed by atoms with Gasteiger partial charge in [0.2, 0.25) is 0 Å². The molecule has 1 unspecified atom stereocenters. The Kier molecular flexibility index (Phi) is 4.99. The van der Waals surface area contributed by atoms with Gasteiger partial charge in [0.15, 0.2) is 0 Å². The molecule has 1 aliphatic heterocycles. The second-order valence-corrected chi connectivity index (χ2v) is 5.79. The lowest BCUT2D eigenvalue weighted by Crippen LogP contribution is -2.39. The van der Waals surface area contributed by atoms with E-state index in [-0.39, 0.29) is 12.0 Å². The van der Waals surface area contributed by atoms with E-state index in [0.29, 0.717) is 25.9 Å². The number of carbonyl (C=O) groups excluding carboxylic acids is 1. The molecular weight excluding hydrogens is 234 g/mol. The van der Waals surface area contributed by atoms with E-state index in [1.807, 2.05) is 20.8 Å². The van der Waals surface area contributed by atoms with E-state index < -0.39 is 11.6 Å². The van der Waals surface area contributed by atoms with Crippen molar-refractivity contribution in [3.63, 3.8) is 0 Å². The highest BCUT2D eigenvalue weighted by Gasteiger charge is 2.26. The zero-order valence-corrected chi connectivity index (χ0v) is 11.4. The van der Waals surface area contributed by atoms with Crippen LogP contribution in [0.3, 0.4) is 0 Å². The SMILES string of the molecule is CC(C)(C)OC(=O)N1CCCCC(C(=O)O)CC1. The van der Waals surface area contributed by atoms with E-state index in [9.17, 15) is 9.59 Å². The number of aliphatic carboxylic acids is 1. The predicted molar refractivity (Wildman–Crippen MR) is 67.4 cm³/mol. The topological polar surface area (TPSA) is 66.8 Å². The van der Waals surface area contributed by atoms with Crippen LogP contribution in [-0.2, 0) is 9.53 Å². The minimum absolute atomic E-state index is 0.338. The molecule has 1 rings (SSSR count). The number of hydrogen-bond donors (Lipinski definition) is 1. The van der Waals surface area contributed by atoms with Crippen molar-refractivity contribution in [2.45, 2.75) is 52.1 Å². The van der Waals surface area contributed by atoms with Crippen molar-refractivity contribution in [2.24, 2.45) is 5.92 Å². The monoisotopic (exact) mass is 257 g/mol. The summed E-state index contributed by atoms with van der Waals surface area (Å²) in [7, 11) is 0. The molecule has 0 aromatic carbocycles. The van der Waals surface area contributed by atoms with Crippen molar-refractivity contribution in [2.75, 3.05) is 13.1 Å². The van der Waals surface area contributed by atoms with Gasteiger partial charge >= 0.3 is 12.1 Å². The summed E-state index contributed by atoms with van der Waals surface area (Å²) in [4.78, 5) is 24.5. The number of likely N-dealkylation sites (tertiary alicyclic amines) is 1. The second-order valence-electron chi connectivity index (χ2n) is 5.79. The van der Waals surface area contributed by atoms with Crippen molar-refractivity contribution in [3.05, 3.63) is 0 Å². The van der Waals surface area contributed by atoms with Crippen LogP contribution >= 0.6 is 0 Å². The lowest BCUT2D eigenvalue weighted by molar-refractivity contribution is -0.142. The molecular formula is C13H23NO4. The number of amides is 1. The highest BCUT2D eigenvalue weighted by molar-refractivity contribution is 5.70. The summed E-state index contributed by atoms with van der Waals surface area (Å²) in [5, 5.41) is 9.03. The summed E-state index contributed by atoms with van der Waals surface area (Å²) >= 11 is 0. The first-order valence-corrected chi connectivity index (χ1v) is 6.50. The van der Waals surface area contributed by atoms with Crippen LogP contribution in [0, 0.1) is 5.92 Å². The van der Waals surface area contributed by atoms with E-state index in [4.69, 9.17) is 9.84 Å². The number of carboxylic acids is 1. The first-order chi connectivity index (χ1) is 8.29. The van der Waals surface area contributed by atoms with Crippen LogP contribution < -0.4 is 0 Å². The highest BCUT2D eigenvalue weighted by atomic mass is 16.6. The second kappa shape index (κ2) is 6.07. The molecule has 104 valence electrons. The summed E-state index contributed by atoms with van der Waals surface area (Å²) in [6.07, 6.45) is 2.55. The molecule has 0 spiro atoms. The average Bonchev–Trinajstić information content (AvgIpc) is 2.12. The van der Waals surface area contributed by atoms with Crippen LogP contribution in [0.1, 0.15) is 46.5 Å². The molecule has 1 amide bonds. The minimum atomic E-state index is -0.763. The Hall–Kier alpha value is -1.26. The first-order valence-electron chi connectivity index (χ1n) is 6.50. The Morgan fingerprint density at radius 3 is 2.39 bits per heavy atom. The number of carbonyl (C=O) groups is 2. The maximum absolute atomic E-state index is 11.9. The fourth-order valence-corrected chi connectivity index (χ4v) is 2.02. The molecule has 0 radical (unpaired) electrons. The van der Waals surface area contributed by atoms with Gasteiger partial charge in [0.25, 0.3) is 0 Å². The summed E-state index contributed by atoms with van der Waals surface area (Å²) in [6, 6.07) is 0. The van der Waals surface area contributed by atoms with E-state index in [1.54, 1.807) is 4.90 Å². The normalized spacial score (nSPS) is 21.9. The Morgan fingerprint density at radius 2 is 1.83 bits per heavy atom. The summed E-state index contributed by atoms with van der Waals surface area (Å²) < 4.78 is 5.31. The van der Waals surface area contributed by atoms with Crippen molar-refractivity contribution in [1.29, 1.82) is 0 Å². The molecule has 1 fully saturated rings. The zero-order valence-electron chi connectivity index (χ0n) is 11.4. The summed E-state index contributed by atoms with van der Waals surface area (Å²) in [5.74, 6) is -1.10. The third kappa shape index (κ3) is 4.94. The molecule has 0 saturated carbocycles.